The van der Waals surface area contributed by atoms with Crippen molar-refractivity contribution in [3.05, 3.63) is 39.8 Å². The second kappa shape index (κ2) is 7.26. The van der Waals surface area contributed by atoms with Crippen molar-refractivity contribution in [3.8, 4) is 11.5 Å². The second-order valence-corrected chi connectivity index (χ2v) is 5.29. The molecule has 2 aromatic rings. The van der Waals surface area contributed by atoms with Crippen LogP contribution in [0.4, 0.5) is 0 Å². The van der Waals surface area contributed by atoms with Crippen LogP contribution in [0.25, 0.3) is 0 Å². The number of aryl methyl sites for hydroxylation is 1. The molecule has 1 aromatic carbocycles. The summed E-state index contributed by atoms with van der Waals surface area (Å²) < 4.78 is 11.0. The summed E-state index contributed by atoms with van der Waals surface area (Å²) >= 11 is 1.68. The maximum Gasteiger partial charge on any atom is 0.165 e. The van der Waals surface area contributed by atoms with Gasteiger partial charge in [0.25, 0.3) is 0 Å². The second-order valence-electron chi connectivity index (χ2n) is 4.35. The zero-order valence-electron chi connectivity index (χ0n) is 12.1. The summed E-state index contributed by atoms with van der Waals surface area (Å²) in [6.07, 6.45) is 0. The lowest BCUT2D eigenvalue weighted by Gasteiger charge is -2.14. The molecule has 0 saturated heterocycles. The number of thiazole rings is 1. The van der Waals surface area contributed by atoms with E-state index in [4.69, 9.17) is 9.47 Å². The van der Waals surface area contributed by atoms with E-state index in [9.17, 15) is 0 Å². The van der Waals surface area contributed by atoms with Gasteiger partial charge in [-0.1, -0.05) is 12.1 Å². The molecule has 1 aromatic heterocycles. The Labute approximate surface area is 123 Å². The van der Waals surface area contributed by atoms with Crippen LogP contribution in [0.3, 0.4) is 0 Å². The van der Waals surface area contributed by atoms with Gasteiger partial charge in [0.2, 0.25) is 0 Å². The predicted molar refractivity (Wildman–Crippen MR) is 81.6 cm³/mol. The summed E-state index contributed by atoms with van der Waals surface area (Å²) in [6, 6.07) is 5.97. The molecule has 5 heteroatoms. The van der Waals surface area contributed by atoms with E-state index in [-0.39, 0.29) is 0 Å². The van der Waals surface area contributed by atoms with Gasteiger partial charge in [-0.3, -0.25) is 0 Å². The molecular weight excluding hydrogens is 272 g/mol. The van der Waals surface area contributed by atoms with Crippen LogP contribution in [0.1, 0.15) is 23.1 Å². The normalized spacial score (nSPS) is 10.6. The largest absolute Gasteiger partial charge is 0.493 e. The molecule has 0 bridgehead atoms. The number of para-hydroxylation sites is 1. The Balaban J connectivity index is 2.02. The zero-order valence-corrected chi connectivity index (χ0v) is 12.9. The Morgan fingerprint density at radius 3 is 2.80 bits per heavy atom. The highest BCUT2D eigenvalue weighted by Crippen LogP contribution is 2.31. The third-order valence-corrected chi connectivity index (χ3v) is 3.95. The summed E-state index contributed by atoms with van der Waals surface area (Å²) in [5.74, 6) is 1.60. The molecule has 1 N–H and O–H groups in total. The number of hydrogen-bond donors (Lipinski definition) is 1. The molecule has 108 valence electrons. The van der Waals surface area contributed by atoms with Gasteiger partial charge >= 0.3 is 0 Å². The van der Waals surface area contributed by atoms with Crippen molar-refractivity contribution in [2.45, 2.75) is 26.9 Å². The first-order chi connectivity index (χ1) is 9.76. The molecular formula is C15H20N2O2S. The number of rotatable bonds is 7. The fourth-order valence-corrected chi connectivity index (χ4v) is 2.75. The van der Waals surface area contributed by atoms with Crippen LogP contribution in [0, 0.1) is 6.92 Å². The van der Waals surface area contributed by atoms with Crippen LogP contribution in [0.2, 0.25) is 0 Å². The highest BCUT2D eigenvalue weighted by molar-refractivity contribution is 7.09. The zero-order chi connectivity index (χ0) is 14.4. The minimum Gasteiger partial charge on any atom is -0.493 e. The van der Waals surface area contributed by atoms with Crippen LogP contribution >= 0.6 is 11.3 Å². The third-order valence-electron chi connectivity index (χ3n) is 3.01. The van der Waals surface area contributed by atoms with Gasteiger partial charge in [-0.05, 0) is 19.9 Å². The maximum atomic E-state index is 5.58. The summed E-state index contributed by atoms with van der Waals surface area (Å²) in [5, 5.41) is 3.42. The van der Waals surface area contributed by atoms with E-state index in [0.717, 1.165) is 35.8 Å². The van der Waals surface area contributed by atoms with Gasteiger partial charge in [-0.2, -0.15) is 0 Å². The molecule has 1 heterocycles. The van der Waals surface area contributed by atoms with Crippen molar-refractivity contribution in [2.24, 2.45) is 0 Å². The Morgan fingerprint density at radius 2 is 2.15 bits per heavy atom. The number of nitrogens with zero attached hydrogens (tertiary/aromatic N) is 1. The van der Waals surface area contributed by atoms with E-state index in [0.29, 0.717) is 6.61 Å². The van der Waals surface area contributed by atoms with Crippen LogP contribution in [-0.2, 0) is 13.1 Å². The summed E-state index contributed by atoms with van der Waals surface area (Å²) in [7, 11) is 1.68. The average molecular weight is 292 g/mol. The lowest BCUT2D eigenvalue weighted by atomic mass is 10.2. The molecule has 0 aliphatic rings. The Kier molecular flexibility index (Phi) is 5.38. The molecule has 0 radical (unpaired) electrons. The first-order valence-corrected chi connectivity index (χ1v) is 7.52. The van der Waals surface area contributed by atoms with Gasteiger partial charge in [0, 0.05) is 23.5 Å². The van der Waals surface area contributed by atoms with Crippen molar-refractivity contribution >= 4 is 11.3 Å². The van der Waals surface area contributed by atoms with E-state index in [1.165, 1.54) is 4.88 Å². The predicted octanol–water partition coefficient (Wildman–Crippen LogP) is 3.15. The lowest BCUT2D eigenvalue weighted by molar-refractivity contribution is 0.308. The Morgan fingerprint density at radius 1 is 1.30 bits per heavy atom. The SMILES string of the molecule is CCOc1cccc(CNCc2scnc2C)c1OC. The minimum atomic E-state index is 0.632. The lowest BCUT2D eigenvalue weighted by Crippen LogP contribution is -2.13. The molecule has 2 rings (SSSR count). The summed E-state index contributed by atoms with van der Waals surface area (Å²) in [5.41, 5.74) is 4.07. The fourth-order valence-electron chi connectivity index (χ4n) is 2.01. The van der Waals surface area contributed by atoms with Crippen molar-refractivity contribution in [1.29, 1.82) is 0 Å². The van der Waals surface area contributed by atoms with E-state index in [2.05, 4.69) is 10.3 Å². The highest BCUT2D eigenvalue weighted by Gasteiger charge is 2.10. The smallest absolute Gasteiger partial charge is 0.165 e. The monoisotopic (exact) mass is 292 g/mol. The summed E-state index contributed by atoms with van der Waals surface area (Å²) in [6.45, 7) is 6.19. The topological polar surface area (TPSA) is 43.4 Å². The molecule has 0 amide bonds. The van der Waals surface area contributed by atoms with Gasteiger partial charge in [0.05, 0.1) is 24.9 Å². The van der Waals surface area contributed by atoms with E-state index < -0.39 is 0 Å². The summed E-state index contributed by atoms with van der Waals surface area (Å²) in [4.78, 5) is 5.52. The Hall–Kier alpha value is -1.59. The van der Waals surface area contributed by atoms with Gasteiger partial charge < -0.3 is 14.8 Å². The number of nitrogens with one attached hydrogen (secondary N) is 1. The quantitative estimate of drug-likeness (QED) is 0.851. The fraction of sp³-hybridized carbons (Fsp3) is 0.400. The molecule has 0 unspecified atom stereocenters. The molecule has 0 aliphatic heterocycles. The van der Waals surface area contributed by atoms with Crippen LogP contribution < -0.4 is 14.8 Å². The van der Waals surface area contributed by atoms with Crippen LogP contribution in [0.15, 0.2) is 23.7 Å². The van der Waals surface area contributed by atoms with Gasteiger partial charge in [0.1, 0.15) is 0 Å². The van der Waals surface area contributed by atoms with Crippen molar-refractivity contribution in [1.82, 2.24) is 10.3 Å². The number of benzene rings is 1. The van der Waals surface area contributed by atoms with Gasteiger partial charge in [-0.25, -0.2) is 4.98 Å². The first kappa shape index (κ1) is 14.8. The Bertz CT molecular complexity index is 555. The number of aromatic nitrogens is 1. The molecule has 0 atom stereocenters. The van der Waals surface area contributed by atoms with E-state index >= 15 is 0 Å². The number of methoxy groups -OCH3 is 1. The van der Waals surface area contributed by atoms with Crippen molar-refractivity contribution < 1.29 is 9.47 Å². The molecule has 0 aliphatic carbocycles. The molecule has 0 spiro atoms. The molecule has 0 saturated carbocycles. The van der Waals surface area contributed by atoms with Gasteiger partial charge in [-0.15, -0.1) is 11.3 Å². The standard InChI is InChI=1S/C15H20N2O2S/c1-4-19-13-7-5-6-12(15(13)18-3)8-16-9-14-11(2)17-10-20-14/h5-7,10,16H,4,8-9H2,1-3H3. The first-order valence-electron chi connectivity index (χ1n) is 6.64. The molecule has 0 fully saturated rings. The van der Waals surface area contributed by atoms with E-state index in [1.54, 1.807) is 18.4 Å². The highest BCUT2D eigenvalue weighted by atomic mass is 32.1. The minimum absolute atomic E-state index is 0.632. The molecule has 4 nitrogen and oxygen atoms in total. The van der Waals surface area contributed by atoms with E-state index in [1.807, 2.05) is 37.6 Å². The molecule has 20 heavy (non-hydrogen) atoms. The van der Waals surface area contributed by atoms with Gasteiger partial charge in [0.15, 0.2) is 11.5 Å². The number of hydrogen-bond acceptors (Lipinski definition) is 5. The third kappa shape index (κ3) is 3.49. The number of ether oxygens (including phenoxy) is 2. The van der Waals surface area contributed by atoms with Crippen LogP contribution in [0.5, 0.6) is 11.5 Å². The van der Waals surface area contributed by atoms with Crippen molar-refractivity contribution in [3.63, 3.8) is 0 Å². The average Bonchev–Trinajstić information content (AvgIpc) is 2.85. The van der Waals surface area contributed by atoms with Crippen LogP contribution in [-0.4, -0.2) is 18.7 Å². The maximum absolute atomic E-state index is 5.58. The van der Waals surface area contributed by atoms with Crippen molar-refractivity contribution in [2.75, 3.05) is 13.7 Å².